The van der Waals surface area contributed by atoms with Crippen molar-refractivity contribution in [3.05, 3.63) is 28.5 Å². The van der Waals surface area contributed by atoms with Crippen LogP contribution in [-0.2, 0) is 0 Å². The van der Waals surface area contributed by atoms with Crippen LogP contribution in [0.1, 0.15) is 23.3 Å². The molecule has 0 bridgehead atoms. The molecule has 1 aliphatic rings. The lowest BCUT2D eigenvalue weighted by atomic mass is 10.1. The highest BCUT2D eigenvalue weighted by molar-refractivity contribution is 9.10. The number of aromatic nitrogens is 1. The van der Waals surface area contributed by atoms with Gasteiger partial charge in [0.1, 0.15) is 5.69 Å². The number of hydrogen-bond donors (Lipinski definition) is 0. The van der Waals surface area contributed by atoms with Crippen molar-refractivity contribution in [1.82, 2.24) is 9.88 Å². The highest BCUT2D eigenvalue weighted by atomic mass is 79.9. The zero-order valence-corrected chi connectivity index (χ0v) is 11.9. The van der Waals surface area contributed by atoms with E-state index in [-0.39, 0.29) is 5.91 Å². The molecule has 1 aromatic heterocycles. The third kappa shape index (κ3) is 2.63. The first-order chi connectivity index (χ1) is 7.68. The molecule has 0 N–H and O–H groups in total. The Kier molecular flexibility index (Phi) is 3.97. The van der Waals surface area contributed by atoms with E-state index < -0.39 is 0 Å². The predicted molar refractivity (Wildman–Crippen MR) is 69.8 cm³/mol. The third-order valence-electron chi connectivity index (χ3n) is 2.61. The Balaban J connectivity index is 2.16. The topological polar surface area (TPSA) is 33.2 Å². The number of amides is 1. The summed E-state index contributed by atoms with van der Waals surface area (Å²) in [5, 5.41) is 0. The second-order valence-electron chi connectivity index (χ2n) is 3.82. The number of rotatable bonds is 1. The number of pyridine rings is 1. The Morgan fingerprint density at radius 2 is 2.38 bits per heavy atom. The molecule has 16 heavy (non-hydrogen) atoms. The van der Waals surface area contributed by atoms with Gasteiger partial charge in [0.2, 0.25) is 0 Å². The summed E-state index contributed by atoms with van der Waals surface area (Å²) >= 11 is 6.92. The van der Waals surface area contributed by atoms with Gasteiger partial charge in [-0.15, -0.1) is 0 Å². The predicted octanol–water partition coefficient (Wildman–Crippen LogP) is 2.84. The highest BCUT2D eigenvalue weighted by Crippen LogP contribution is 2.21. The molecule has 2 rings (SSSR count). The zero-order chi connectivity index (χ0) is 11.5. The van der Waals surface area contributed by atoms with Crippen molar-refractivity contribution in [3.8, 4) is 0 Å². The molecule has 2 heterocycles. The normalized spacial score (nSPS) is 20.9. The van der Waals surface area contributed by atoms with Crippen molar-refractivity contribution in [2.75, 3.05) is 13.1 Å². The molecule has 0 aliphatic carbocycles. The van der Waals surface area contributed by atoms with E-state index in [9.17, 15) is 4.79 Å². The highest BCUT2D eigenvalue weighted by Gasteiger charge is 2.24. The Hall–Kier alpha value is -0.420. The fourth-order valence-corrected chi connectivity index (χ4v) is 2.90. The van der Waals surface area contributed by atoms with Crippen LogP contribution in [0.2, 0.25) is 0 Å². The van der Waals surface area contributed by atoms with Crippen LogP contribution in [0, 0.1) is 0 Å². The van der Waals surface area contributed by atoms with Crippen LogP contribution in [0.25, 0.3) is 0 Å². The Labute approximate surface area is 111 Å². The van der Waals surface area contributed by atoms with Crippen LogP contribution in [0.4, 0.5) is 0 Å². The molecular formula is C11H12Br2N2O. The van der Waals surface area contributed by atoms with Gasteiger partial charge in [0, 0.05) is 28.6 Å². The summed E-state index contributed by atoms with van der Waals surface area (Å²) in [5.74, 6) is 0.0108. The monoisotopic (exact) mass is 346 g/mol. The van der Waals surface area contributed by atoms with E-state index in [4.69, 9.17) is 0 Å². The van der Waals surface area contributed by atoms with Gasteiger partial charge in [-0.1, -0.05) is 15.9 Å². The molecule has 1 aromatic rings. The van der Waals surface area contributed by atoms with E-state index in [0.29, 0.717) is 10.5 Å². The first kappa shape index (κ1) is 12.0. The minimum atomic E-state index is 0.0108. The molecule has 1 aliphatic heterocycles. The average molecular weight is 348 g/mol. The molecule has 0 spiro atoms. The summed E-state index contributed by atoms with van der Waals surface area (Å²) in [6.07, 6.45) is 3.83. The van der Waals surface area contributed by atoms with Crippen molar-refractivity contribution in [2.24, 2.45) is 0 Å². The van der Waals surface area contributed by atoms with Gasteiger partial charge in [-0.2, -0.15) is 0 Å². The molecule has 86 valence electrons. The fourth-order valence-electron chi connectivity index (χ4n) is 1.80. The average Bonchev–Trinajstić information content (AvgIpc) is 2.29. The number of likely N-dealkylation sites (tertiary alicyclic amines) is 1. The summed E-state index contributed by atoms with van der Waals surface area (Å²) in [6.45, 7) is 1.59. The third-order valence-corrected chi connectivity index (χ3v) is 4.00. The first-order valence-corrected chi connectivity index (χ1v) is 6.93. The van der Waals surface area contributed by atoms with E-state index in [0.717, 1.165) is 30.4 Å². The van der Waals surface area contributed by atoms with Gasteiger partial charge in [0.05, 0.1) is 0 Å². The Morgan fingerprint density at radius 1 is 1.56 bits per heavy atom. The second kappa shape index (κ2) is 5.27. The SMILES string of the molecule is O=C(c1ncccc1Br)N1CCCC(Br)C1. The Morgan fingerprint density at radius 3 is 3.06 bits per heavy atom. The van der Waals surface area contributed by atoms with Gasteiger partial charge in [-0.05, 0) is 40.9 Å². The van der Waals surface area contributed by atoms with E-state index in [1.54, 1.807) is 6.20 Å². The van der Waals surface area contributed by atoms with Gasteiger partial charge < -0.3 is 4.90 Å². The number of alkyl halides is 1. The number of nitrogens with zero attached hydrogens (tertiary/aromatic N) is 2. The lowest BCUT2D eigenvalue weighted by molar-refractivity contribution is 0.0723. The number of carbonyl (C=O) groups excluding carboxylic acids is 1. The van der Waals surface area contributed by atoms with Gasteiger partial charge >= 0.3 is 0 Å². The van der Waals surface area contributed by atoms with E-state index >= 15 is 0 Å². The number of piperidine rings is 1. The van der Waals surface area contributed by atoms with Crippen LogP contribution in [0.15, 0.2) is 22.8 Å². The molecule has 1 saturated heterocycles. The number of carbonyl (C=O) groups is 1. The van der Waals surface area contributed by atoms with Crippen molar-refractivity contribution < 1.29 is 4.79 Å². The van der Waals surface area contributed by atoms with Gasteiger partial charge in [-0.3, -0.25) is 4.79 Å². The van der Waals surface area contributed by atoms with E-state index in [1.807, 2.05) is 17.0 Å². The fraction of sp³-hybridized carbons (Fsp3) is 0.455. The summed E-state index contributed by atoms with van der Waals surface area (Å²) in [4.78, 5) is 18.6. The van der Waals surface area contributed by atoms with Crippen LogP contribution in [0.5, 0.6) is 0 Å². The van der Waals surface area contributed by atoms with Crippen LogP contribution >= 0.6 is 31.9 Å². The summed E-state index contributed by atoms with van der Waals surface area (Å²) in [5.41, 5.74) is 0.504. The molecule has 0 aromatic carbocycles. The standard InChI is InChI=1S/C11H12Br2N2O/c12-8-3-2-6-15(7-8)11(16)10-9(13)4-1-5-14-10/h1,4-5,8H,2-3,6-7H2. The molecule has 0 radical (unpaired) electrons. The van der Waals surface area contributed by atoms with E-state index in [2.05, 4.69) is 36.8 Å². The molecule has 0 saturated carbocycles. The zero-order valence-electron chi connectivity index (χ0n) is 8.70. The second-order valence-corrected chi connectivity index (χ2v) is 5.97. The first-order valence-electron chi connectivity index (χ1n) is 5.22. The summed E-state index contributed by atoms with van der Waals surface area (Å²) in [6, 6.07) is 3.65. The van der Waals surface area contributed by atoms with Gasteiger partial charge in [-0.25, -0.2) is 4.98 Å². The molecule has 5 heteroatoms. The van der Waals surface area contributed by atoms with Crippen molar-refractivity contribution >= 4 is 37.8 Å². The van der Waals surface area contributed by atoms with Crippen LogP contribution in [0.3, 0.4) is 0 Å². The maximum atomic E-state index is 12.2. The van der Waals surface area contributed by atoms with Crippen LogP contribution in [-0.4, -0.2) is 33.7 Å². The van der Waals surface area contributed by atoms with Crippen LogP contribution < -0.4 is 0 Å². The smallest absolute Gasteiger partial charge is 0.273 e. The van der Waals surface area contributed by atoms with E-state index in [1.165, 1.54) is 0 Å². The molecule has 1 atom stereocenters. The maximum Gasteiger partial charge on any atom is 0.273 e. The lowest BCUT2D eigenvalue weighted by Crippen LogP contribution is -2.40. The Bertz CT molecular complexity index is 397. The molecule has 1 amide bonds. The minimum absolute atomic E-state index is 0.0108. The number of halogens is 2. The summed E-state index contributed by atoms with van der Waals surface area (Å²) in [7, 11) is 0. The lowest BCUT2D eigenvalue weighted by Gasteiger charge is -2.29. The largest absolute Gasteiger partial charge is 0.336 e. The molecule has 3 nitrogen and oxygen atoms in total. The van der Waals surface area contributed by atoms with Crippen molar-refractivity contribution in [1.29, 1.82) is 0 Å². The van der Waals surface area contributed by atoms with Crippen molar-refractivity contribution in [2.45, 2.75) is 17.7 Å². The minimum Gasteiger partial charge on any atom is -0.336 e. The van der Waals surface area contributed by atoms with Crippen molar-refractivity contribution in [3.63, 3.8) is 0 Å². The summed E-state index contributed by atoms with van der Waals surface area (Å²) < 4.78 is 0.761. The quantitative estimate of drug-likeness (QED) is 0.732. The molecular weight excluding hydrogens is 336 g/mol. The number of hydrogen-bond acceptors (Lipinski definition) is 2. The van der Waals surface area contributed by atoms with Gasteiger partial charge in [0.15, 0.2) is 0 Å². The molecule has 1 unspecified atom stereocenters. The van der Waals surface area contributed by atoms with Gasteiger partial charge in [0.25, 0.3) is 5.91 Å². The molecule has 1 fully saturated rings. The maximum absolute atomic E-state index is 12.2.